The third kappa shape index (κ3) is 2.97. The van der Waals surface area contributed by atoms with Crippen molar-refractivity contribution in [2.75, 3.05) is 11.4 Å². The summed E-state index contributed by atoms with van der Waals surface area (Å²) in [5.74, 6) is -0.925. The average Bonchev–Trinajstić information content (AvgIpc) is 2.35. The van der Waals surface area contributed by atoms with Crippen molar-refractivity contribution in [1.29, 1.82) is 0 Å². The summed E-state index contributed by atoms with van der Waals surface area (Å²) in [4.78, 5) is 23.0. The zero-order chi connectivity index (χ0) is 13.7. The van der Waals surface area contributed by atoms with Crippen molar-refractivity contribution in [3.63, 3.8) is 0 Å². The maximum absolute atomic E-state index is 11.1. The molecular weight excluding hydrogens is 236 g/mol. The molecule has 1 aromatic rings. The lowest BCUT2D eigenvalue weighted by atomic mass is 10.1. The second-order valence-corrected chi connectivity index (χ2v) is 3.83. The number of non-ortho nitro benzene ring substituents is 1. The Bertz CT molecular complexity index is 447. The number of hydrogen-bond donors (Lipinski definition) is 1. The van der Waals surface area contributed by atoms with Gasteiger partial charge in [0, 0.05) is 24.4 Å². The molecule has 0 aliphatic carbocycles. The van der Waals surface area contributed by atoms with Crippen LogP contribution in [0.15, 0.2) is 24.3 Å². The van der Waals surface area contributed by atoms with Gasteiger partial charge >= 0.3 is 5.97 Å². The van der Waals surface area contributed by atoms with Gasteiger partial charge in [0.1, 0.15) is 6.04 Å². The average molecular weight is 252 g/mol. The van der Waals surface area contributed by atoms with Crippen LogP contribution < -0.4 is 4.90 Å². The minimum Gasteiger partial charge on any atom is -0.480 e. The summed E-state index contributed by atoms with van der Waals surface area (Å²) < 4.78 is 0. The molecule has 0 aliphatic heterocycles. The Kier molecular flexibility index (Phi) is 4.65. The SMILES string of the molecule is CC[C@H](C(=O)O)N(CC)c1cccc([N+](=O)[O-])c1. The van der Waals surface area contributed by atoms with E-state index in [1.54, 1.807) is 24.0 Å². The molecule has 0 fully saturated rings. The van der Waals surface area contributed by atoms with E-state index < -0.39 is 16.9 Å². The van der Waals surface area contributed by atoms with Crippen molar-refractivity contribution in [3.05, 3.63) is 34.4 Å². The number of likely N-dealkylation sites (N-methyl/N-ethyl adjacent to an activating group) is 1. The normalized spacial score (nSPS) is 11.9. The van der Waals surface area contributed by atoms with Gasteiger partial charge in [-0.3, -0.25) is 10.1 Å². The van der Waals surface area contributed by atoms with Crippen LogP contribution in [-0.4, -0.2) is 28.6 Å². The highest BCUT2D eigenvalue weighted by molar-refractivity contribution is 5.78. The van der Waals surface area contributed by atoms with E-state index in [9.17, 15) is 14.9 Å². The highest BCUT2D eigenvalue weighted by atomic mass is 16.6. The van der Waals surface area contributed by atoms with Crippen molar-refractivity contribution < 1.29 is 14.8 Å². The fraction of sp³-hybridized carbons (Fsp3) is 0.417. The highest BCUT2D eigenvalue weighted by Crippen LogP contribution is 2.23. The fourth-order valence-electron chi connectivity index (χ4n) is 1.90. The van der Waals surface area contributed by atoms with E-state index in [2.05, 4.69) is 0 Å². The van der Waals surface area contributed by atoms with E-state index >= 15 is 0 Å². The number of anilines is 1. The molecule has 1 rings (SSSR count). The molecule has 6 nitrogen and oxygen atoms in total. The molecule has 0 amide bonds. The van der Waals surface area contributed by atoms with E-state index in [1.165, 1.54) is 12.1 Å². The molecule has 0 saturated carbocycles. The molecule has 1 aromatic carbocycles. The van der Waals surface area contributed by atoms with Gasteiger partial charge in [-0.05, 0) is 19.4 Å². The number of carboxylic acids is 1. The lowest BCUT2D eigenvalue weighted by Crippen LogP contribution is -2.40. The quantitative estimate of drug-likeness (QED) is 0.620. The Labute approximate surface area is 105 Å². The van der Waals surface area contributed by atoms with Crippen LogP contribution in [0, 0.1) is 10.1 Å². The number of benzene rings is 1. The zero-order valence-corrected chi connectivity index (χ0v) is 10.4. The van der Waals surface area contributed by atoms with Gasteiger partial charge in [-0.2, -0.15) is 0 Å². The summed E-state index contributed by atoms with van der Waals surface area (Å²) in [7, 11) is 0. The van der Waals surface area contributed by atoms with Gasteiger partial charge < -0.3 is 10.0 Å². The van der Waals surface area contributed by atoms with Crippen LogP contribution >= 0.6 is 0 Å². The van der Waals surface area contributed by atoms with Crippen molar-refractivity contribution >= 4 is 17.3 Å². The van der Waals surface area contributed by atoms with Crippen LogP contribution in [0.2, 0.25) is 0 Å². The number of carbonyl (C=O) groups is 1. The zero-order valence-electron chi connectivity index (χ0n) is 10.4. The smallest absolute Gasteiger partial charge is 0.326 e. The van der Waals surface area contributed by atoms with Crippen molar-refractivity contribution in [3.8, 4) is 0 Å². The van der Waals surface area contributed by atoms with E-state index in [0.717, 1.165) is 0 Å². The molecule has 0 aliphatic rings. The summed E-state index contributed by atoms with van der Waals surface area (Å²) in [6.45, 7) is 4.08. The van der Waals surface area contributed by atoms with Gasteiger partial charge in [-0.25, -0.2) is 4.79 Å². The highest BCUT2D eigenvalue weighted by Gasteiger charge is 2.23. The fourth-order valence-corrected chi connectivity index (χ4v) is 1.90. The second kappa shape index (κ2) is 6.00. The Morgan fingerprint density at radius 2 is 2.17 bits per heavy atom. The minimum atomic E-state index is -0.925. The first-order valence-corrected chi connectivity index (χ1v) is 5.75. The number of nitro benzene ring substituents is 1. The molecule has 0 aromatic heterocycles. The number of aliphatic carboxylic acids is 1. The summed E-state index contributed by atoms with van der Waals surface area (Å²) >= 11 is 0. The van der Waals surface area contributed by atoms with Gasteiger partial charge in [0.25, 0.3) is 5.69 Å². The van der Waals surface area contributed by atoms with Crippen molar-refractivity contribution in [2.45, 2.75) is 26.3 Å². The van der Waals surface area contributed by atoms with E-state index in [4.69, 9.17) is 5.11 Å². The first-order valence-electron chi connectivity index (χ1n) is 5.75. The second-order valence-electron chi connectivity index (χ2n) is 3.83. The number of rotatable bonds is 6. The lowest BCUT2D eigenvalue weighted by Gasteiger charge is -2.28. The van der Waals surface area contributed by atoms with Crippen molar-refractivity contribution in [2.24, 2.45) is 0 Å². The maximum atomic E-state index is 11.1. The van der Waals surface area contributed by atoms with E-state index in [-0.39, 0.29) is 5.69 Å². The minimum absolute atomic E-state index is 0.0359. The third-order valence-electron chi connectivity index (χ3n) is 2.76. The van der Waals surface area contributed by atoms with Gasteiger partial charge in [0.2, 0.25) is 0 Å². The Morgan fingerprint density at radius 3 is 2.61 bits per heavy atom. The molecule has 1 N–H and O–H groups in total. The molecule has 0 saturated heterocycles. The monoisotopic (exact) mass is 252 g/mol. The number of hydrogen-bond acceptors (Lipinski definition) is 4. The first-order chi connectivity index (χ1) is 8.51. The van der Waals surface area contributed by atoms with Crippen LogP contribution in [0.5, 0.6) is 0 Å². The molecule has 0 unspecified atom stereocenters. The standard InChI is InChI=1S/C12H16N2O4/c1-3-11(12(15)16)13(4-2)9-6-5-7-10(8-9)14(17)18/h5-8,11H,3-4H2,1-2H3,(H,15,16)/t11-/m1/s1. The molecule has 0 heterocycles. The largest absolute Gasteiger partial charge is 0.480 e. The number of nitro groups is 1. The van der Waals surface area contributed by atoms with Crippen LogP contribution in [0.4, 0.5) is 11.4 Å². The summed E-state index contributed by atoms with van der Waals surface area (Å²) in [5, 5.41) is 19.8. The molecule has 6 heteroatoms. The molecule has 18 heavy (non-hydrogen) atoms. The van der Waals surface area contributed by atoms with E-state index in [0.29, 0.717) is 18.7 Å². The predicted molar refractivity (Wildman–Crippen MR) is 67.8 cm³/mol. The molecular formula is C12H16N2O4. The molecule has 98 valence electrons. The molecule has 1 atom stereocenters. The van der Waals surface area contributed by atoms with Crippen LogP contribution in [0.25, 0.3) is 0 Å². The molecule has 0 radical (unpaired) electrons. The van der Waals surface area contributed by atoms with Gasteiger partial charge in [0.05, 0.1) is 4.92 Å². The predicted octanol–water partition coefficient (Wildman–Crippen LogP) is 2.28. The lowest BCUT2D eigenvalue weighted by molar-refractivity contribution is -0.384. The third-order valence-corrected chi connectivity index (χ3v) is 2.76. The van der Waals surface area contributed by atoms with Gasteiger partial charge in [0.15, 0.2) is 0 Å². The topological polar surface area (TPSA) is 83.7 Å². The Hall–Kier alpha value is -2.11. The van der Waals surface area contributed by atoms with Gasteiger partial charge in [-0.1, -0.05) is 13.0 Å². The number of nitrogens with zero attached hydrogens (tertiary/aromatic N) is 2. The Morgan fingerprint density at radius 1 is 1.50 bits per heavy atom. The summed E-state index contributed by atoms with van der Waals surface area (Å²) in [5.41, 5.74) is 0.521. The maximum Gasteiger partial charge on any atom is 0.326 e. The van der Waals surface area contributed by atoms with Crippen molar-refractivity contribution in [1.82, 2.24) is 0 Å². The number of carboxylic acid groups (broad SMARTS) is 1. The van der Waals surface area contributed by atoms with Crippen LogP contribution in [-0.2, 0) is 4.79 Å². The van der Waals surface area contributed by atoms with Crippen LogP contribution in [0.3, 0.4) is 0 Å². The molecule has 0 bridgehead atoms. The molecule has 0 spiro atoms. The van der Waals surface area contributed by atoms with Gasteiger partial charge in [-0.15, -0.1) is 0 Å². The summed E-state index contributed by atoms with van der Waals surface area (Å²) in [6.07, 6.45) is 0.436. The first kappa shape index (κ1) is 14.0. The van der Waals surface area contributed by atoms with Crippen LogP contribution in [0.1, 0.15) is 20.3 Å². The van der Waals surface area contributed by atoms with E-state index in [1.807, 2.05) is 6.92 Å². The Balaban J connectivity index is 3.11. The summed E-state index contributed by atoms with van der Waals surface area (Å²) in [6, 6.07) is 5.36.